The van der Waals surface area contributed by atoms with E-state index in [1.54, 1.807) is 0 Å². The zero-order valence-corrected chi connectivity index (χ0v) is 10.7. The highest BCUT2D eigenvalue weighted by molar-refractivity contribution is 5.92. The lowest BCUT2D eigenvalue weighted by atomic mass is 10.0. The van der Waals surface area contributed by atoms with Crippen molar-refractivity contribution < 1.29 is 9.18 Å². The average molecular weight is 248 g/mol. The minimum Gasteiger partial charge on any atom is -0.323 e. The summed E-state index contributed by atoms with van der Waals surface area (Å²) in [5, 5.41) is 11.2. The van der Waals surface area contributed by atoms with E-state index in [0.717, 1.165) is 25.3 Å². The second-order valence-corrected chi connectivity index (χ2v) is 4.34. The van der Waals surface area contributed by atoms with Crippen molar-refractivity contribution in [3.05, 3.63) is 29.6 Å². The molecule has 0 aliphatic rings. The van der Waals surface area contributed by atoms with Gasteiger partial charge in [-0.15, -0.1) is 0 Å². The molecule has 1 atom stereocenters. The monoisotopic (exact) mass is 248 g/mol. The highest BCUT2D eigenvalue weighted by Gasteiger charge is 2.14. The van der Waals surface area contributed by atoms with E-state index < -0.39 is 5.82 Å². The molecule has 3 nitrogen and oxygen atoms in total. The SMILES string of the molecule is CCCCC(C)C(=O)Nc1ccc(C#N)cc1F. The second-order valence-electron chi connectivity index (χ2n) is 4.34. The van der Waals surface area contributed by atoms with Crippen LogP contribution in [-0.4, -0.2) is 5.91 Å². The number of carbonyl (C=O) groups excluding carboxylic acids is 1. The molecule has 0 aliphatic carbocycles. The van der Waals surface area contributed by atoms with Crippen molar-refractivity contribution in [2.45, 2.75) is 33.1 Å². The van der Waals surface area contributed by atoms with E-state index in [-0.39, 0.29) is 23.1 Å². The minimum absolute atomic E-state index is 0.127. The van der Waals surface area contributed by atoms with Crippen molar-refractivity contribution in [3.63, 3.8) is 0 Å². The van der Waals surface area contributed by atoms with Crippen molar-refractivity contribution >= 4 is 11.6 Å². The fourth-order valence-corrected chi connectivity index (χ4v) is 1.58. The molecule has 0 bridgehead atoms. The van der Waals surface area contributed by atoms with Crippen LogP contribution in [0.15, 0.2) is 18.2 Å². The minimum atomic E-state index is -0.579. The van der Waals surface area contributed by atoms with Crippen molar-refractivity contribution in [1.82, 2.24) is 0 Å². The van der Waals surface area contributed by atoms with Crippen LogP contribution in [0.25, 0.3) is 0 Å². The molecule has 0 saturated heterocycles. The van der Waals surface area contributed by atoms with E-state index in [4.69, 9.17) is 5.26 Å². The van der Waals surface area contributed by atoms with Gasteiger partial charge in [0.1, 0.15) is 5.82 Å². The Bertz CT molecular complexity index is 465. The molecule has 1 rings (SSSR count). The van der Waals surface area contributed by atoms with Crippen LogP contribution in [0, 0.1) is 23.1 Å². The van der Waals surface area contributed by atoms with E-state index in [9.17, 15) is 9.18 Å². The van der Waals surface area contributed by atoms with Gasteiger partial charge >= 0.3 is 0 Å². The molecule has 1 aromatic carbocycles. The van der Waals surface area contributed by atoms with Gasteiger partial charge < -0.3 is 5.32 Å². The summed E-state index contributed by atoms with van der Waals surface area (Å²) in [6.45, 7) is 3.89. The molecule has 96 valence electrons. The number of amides is 1. The number of carbonyl (C=O) groups is 1. The van der Waals surface area contributed by atoms with Gasteiger partial charge in [0.2, 0.25) is 5.91 Å². The number of nitrogens with one attached hydrogen (secondary N) is 1. The van der Waals surface area contributed by atoms with Gasteiger partial charge in [-0.2, -0.15) is 5.26 Å². The third-order valence-electron chi connectivity index (χ3n) is 2.79. The molecule has 0 aromatic heterocycles. The van der Waals surface area contributed by atoms with Crippen LogP contribution in [0.1, 0.15) is 38.7 Å². The van der Waals surface area contributed by atoms with Crippen LogP contribution in [0.4, 0.5) is 10.1 Å². The van der Waals surface area contributed by atoms with Crippen LogP contribution in [0.2, 0.25) is 0 Å². The van der Waals surface area contributed by atoms with Crippen molar-refractivity contribution in [1.29, 1.82) is 5.26 Å². The van der Waals surface area contributed by atoms with E-state index in [1.165, 1.54) is 12.1 Å². The average Bonchev–Trinajstić information content (AvgIpc) is 2.38. The number of hydrogen-bond acceptors (Lipinski definition) is 2. The van der Waals surface area contributed by atoms with Gasteiger partial charge in [-0.3, -0.25) is 4.79 Å². The Balaban J connectivity index is 2.67. The lowest BCUT2D eigenvalue weighted by Crippen LogP contribution is -2.21. The predicted octanol–water partition coefficient (Wildman–Crippen LogP) is 3.46. The standard InChI is InChI=1S/C14H17FN2O/c1-3-4-5-10(2)14(18)17-13-7-6-11(9-16)8-12(13)15/h6-8,10H,3-5H2,1-2H3,(H,17,18). The molecule has 18 heavy (non-hydrogen) atoms. The third-order valence-corrected chi connectivity index (χ3v) is 2.79. The number of nitrogens with zero attached hydrogens (tertiary/aromatic N) is 1. The maximum atomic E-state index is 13.5. The largest absolute Gasteiger partial charge is 0.323 e. The fourth-order valence-electron chi connectivity index (χ4n) is 1.58. The highest BCUT2D eigenvalue weighted by atomic mass is 19.1. The molecule has 0 spiro atoms. The van der Waals surface area contributed by atoms with Crippen molar-refractivity contribution in [3.8, 4) is 6.07 Å². The first-order valence-corrected chi connectivity index (χ1v) is 6.09. The normalized spacial score (nSPS) is 11.7. The molecule has 1 aromatic rings. The Kier molecular flexibility index (Phi) is 5.31. The first kappa shape index (κ1) is 14.2. The van der Waals surface area contributed by atoms with Crippen LogP contribution >= 0.6 is 0 Å². The summed E-state index contributed by atoms with van der Waals surface area (Å²) in [4.78, 5) is 11.8. The Morgan fingerprint density at radius 1 is 1.56 bits per heavy atom. The predicted molar refractivity (Wildman–Crippen MR) is 68.4 cm³/mol. The molecule has 0 saturated carbocycles. The smallest absolute Gasteiger partial charge is 0.227 e. The molecule has 0 aliphatic heterocycles. The maximum absolute atomic E-state index is 13.5. The highest BCUT2D eigenvalue weighted by Crippen LogP contribution is 2.17. The molecular formula is C14H17FN2O. The topological polar surface area (TPSA) is 52.9 Å². The molecule has 0 heterocycles. The molecule has 0 radical (unpaired) electrons. The molecular weight excluding hydrogens is 231 g/mol. The summed E-state index contributed by atoms with van der Waals surface area (Å²) < 4.78 is 13.5. The van der Waals surface area contributed by atoms with E-state index in [0.29, 0.717) is 0 Å². The first-order chi connectivity index (χ1) is 8.58. The molecule has 1 unspecified atom stereocenters. The number of rotatable bonds is 5. The Labute approximate surface area is 107 Å². The third kappa shape index (κ3) is 3.85. The van der Waals surface area contributed by atoms with Gasteiger partial charge in [0, 0.05) is 5.92 Å². The Morgan fingerprint density at radius 2 is 2.28 bits per heavy atom. The molecule has 0 fully saturated rings. The van der Waals surface area contributed by atoms with Gasteiger partial charge in [-0.05, 0) is 24.6 Å². The first-order valence-electron chi connectivity index (χ1n) is 6.09. The quantitative estimate of drug-likeness (QED) is 0.867. The lowest BCUT2D eigenvalue weighted by molar-refractivity contribution is -0.119. The van der Waals surface area contributed by atoms with Gasteiger partial charge in [0.15, 0.2) is 0 Å². The van der Waals surface area contributed by atoms with Crippen molar-refractivity contribution in [2.75, 3.05) is 5.32 Å². The number of anilines is 1. The van der Waals surface area contributed by atoms with Gasteiger partial charge in [0.05, 0.1) is 17.3 Å². The number of nitriles is 1. The van der Waals surface area contributed by atoms with Crippen LogP contribution in [0.3, 0.4) is 0 Å². The molecule has 4 heteroatoms. The lowest BCUT2D eigenvalue weighted by Gasteiger charge is -2.12. The maximum Gasteiger partial charge on any atom is 0.227 e. The zero-order chi connectivity index (χ0) is 13.5. The fraction of sp³-hybridized carbons (Fsp3) is 0.429. The summed E-state index contributed by atoms with van der Waals surface area (Å²) in [5.41, 5.74) is 0.367. The van der Waals surface area contributed by atoms with Crippen molar-refractivity contribution in [2.24, 2.45) is 5.92 Å². The van der Waals surface area contributed by atoms with Crippen LogP contribution < -0.4 is 5.32 Å². The summed E-state index contributed by atoms with van der Waals surface area (Å²) in [5.74, 6) is -0.905. The number of hydrogen-bond donors (Lipinski definition) is 1. The number of unbranched alkanes of at least 4 members (excludes halogenated alkanes) is 1. The zero-order valence-electron chi connectivity index (χ0n) is 10.7. The summed E-state index contributed by atoms with van der Waals surface area (Å²) >= 11 is 0. The van der Waals surface area contributed by atoms with Gasteiger partial charge in [-0.1, -0.05) is 26.7 Å². The molecule has 1 N–H and O–H groups in total. The molecule has 1 amide bonds. The second kappa shape index (κ2) is 6.75. The van der Waals surface area contributed by atoms with E-state index >= 15 is 0 Å². The van der Waals surface area contributed by atoms with E-state index in [1.807, 2.05) is 13.0 Å². The van der Waals surface area contributed by atoms with Crippen LogP contribution in [0.5, 0.6) is 0 Å². The summed E-state index contributed by atoms with van der Waals surface area (Å²) in [6.07, 6.45) is 2.80. The summed E-state index contributed by atoms with van der Waals surface area (Å²) in [6, 6.07) is 5.86. The number of halogens is 1. The van der Waals surface area contributed by atoms with Crippen LogP contribution in [-0.2, 0) is 4.79 Å². The van der Waals surface area contributed by atoms with Gasteiger partial charge in [0.25, 0.3) is 0 Å². The number of benzene rings is 1. The van der Waals surface area contributed by atoms with Gasteiger partial charge in [-0.25, -0.2) is 4.39 Å². The summed E-state index contributed by atoms with van der Waals surface area (Å²) in [7, 11) is 0. The van der Waals surface area contributed by atoms with E-state index in [2.05, 4.69) is 12.2 Å². The Morgan fingerprint density at radius 3 is 2.83 bits per heavy atom. The Hall–Kier alpha value is -1.89.